The smallest absolute Gasteiger partial charge is 0.325 e. The molecule has 0 bridgehead atoms. The molecule has 0 saturated heterocycles. The van der Waals surface area contributed by atoms with Crippen LogP contribution < -0.4 is 30.7 Å². The van der Waals surface area contributed by atoms with Crippen LogP contribution in [-0.2, 0) is 51.3 Å². The lowest BCUT2D eigenvalue weighted by atomic mass is 9.92. The summed E-state index contributed by atoms with van der Waals surface area (Å²) in [6, 6.07) is 23.3. The first-order chi connectivity index (χ1) is 31.8. The van der Waals surface area contributed by atoms with E-state index in [4.69, 9.17) is 28.4 Å². The van der Waals surface area contributed by atoms with Crippen LogP contribution in [0, 0.1) is 0 Å². The first-order valence-corrected chi connectivity index (χ1v) is 21.1. The summed E-state index contributed by atoms with van der Waals surface area (Å²) in [5, 5.41) is 13.0. The monoisotopic (exact) mass is 906 g/mol. The van der Waals surface area contributed by atoms with Gasteiger partial charge in [0.1, 0.15) is 50.9 Å². The number of hydrogen-bond donors (Lipinski definition) is 4. The van der Waals surface area contributed by atoms with Crippen LogP contribution in [0.2, 0.25) is 0 Å². The van der Waals surface area contributed by atoms with Crippen LogP contribution in [0.5, 0.6) is 11.5 Å². The van der Waals surface area contributed by atoms with Crippen LogP contribution in [0.25, 0.3) is 21.5 Å². The minimum atomic E-state index is -0.680. The normalized spacial score (nSPS) is 10.6. The minimum Gasteiger partial charge on any atom is -0.489 e. The van der Waals surface area contributed by atoms with Gasteiger partial charge in [0.25, 0.3) is 23.6 Å². The number of carbonyl (C=O) groups is 8. The molecule has 0 fully saturated rings. The van der Waals surface area contributed by atoms with Crippen LogP contribution in [0.4, 0.5) is 0 Å². The summed E-state index contributed by atoms with van der Waals surface area (Å²) in [6.45, 7) is 5.27. The van der Waals surface area contributed by atoms with Gasteiger partial charge in [0.05, 0.1) is 26.4 Å². The number of nitrogens with one attached hydrogen (secondary N) is 4. The Balaban J connectivity index is 1.48. The van der Waals surface area contributed by atoms with E-state index in [0.29, 0.717) is 0 Å². The summed E-state index contributed by atoms with van der Waals surface area (Å²) >= 11 is 0. The van der Waals surface area contributed by atoms with Crippen molar-refractivity contribution < 1.29 is 66.8 Å². The third kappa shape index (κ3) is 13.5. The van der Waals surface area contributed by atoms with Gasteiger partial charge in [0.2, 0.25) is 0 Å². The van der Waals surface area contributed by atoms with Crippen molar-refractivity contribution >= 4 is 69.1 Å². The van der Waals surface area contributed by atoms with Crippen molar-refractivity contribution in [1.82, 2.24) is 21.3 Å². The first kappa shape index (κ1) is 49.0. The molecule has 5 aromatic carbocycles. The van der Waals surface area contributed by atoms with Crippen LogP contribution in [0.1, 0.15) is 80.3 Å². The second-order valence-electron chi connectivity index (χ2n) is 14.1. The Hall–Kier alpha value is -8.02. The van der Waals surface area contributed by atoms with Gasteiger partial charge in [-0.1, -0.05) is 48.5 Å². The fourth-order valence-corrected chi connectivity index (χ4v) is 6.69. The molecular weight excluding hydrogens is 857 g/mol. The zero-order chi connectivity index (χ0) is 47.6. The maximum absolute atomic E-state index is 13.2. The highest BCUT2D eigenvalue weighted by Gasteiger charge is 2.21. The second kappa shape index (κ2) is 24.2. The summed E-state index contributed by atoms with van der Waals surface area (Å²) in [5.41, 5.74) is 1.49. The number of fused-ring (bicyclic) bond motifs is 2. The fraction of sp³-hybridized carbons (Fsp3) is 0.292. The Bertz CT molecular complexity index is 2290. The van der Waals surface area contributed by atoms with Crippen LogP contribution in [0.3, 0.4) is 0 Å². The van der Waals surface area contributed by atoms with Crippen LogP contribution in [-0.4, -0.2) is 100 Å². The highest BCUT2D eigenvalue weighted by molar-refractivity contribution is 6.06. The van der Waals surface area contributed by atoms with Crippen molar-refractivity contribution in [2.24, 2.45) is 0 Å². The largest absolute Gasteiger partial charge is 0.489 e. The molecule has 0 atom stereocenters. The van der Waals surface area contributed by atoms with Gasteiger partial charge in [-0.15, -0.1) is 0 Å². The predicted molar refractivity (Wildman–Crippen MR) is 239 cm³/mol. The lowest BCUT2D eigenvalue weighted by Gasteiger charge is -2.19. The van der Waals surface area contributed by atoms with Gasteiger partial charge in [-0.2, -0.15) is 0 Å². The van der Waals surface area contributed by atoms with E-state index >= 15 is 0 Å². The summed E-state index contributed by atoms with van der Waals surface area (Å²) in [7, 11) is 0. The first-order valence-electron chi connectivity index (χ1n) is 21.1. The van der Waals surface area contributed by atoms with E-state index in [0.717, 1.165) is 32.7 Å². The van der Waals surface area contributed by atoms with Crippen molar-refractivity contribution in [3.63, 3.8) is 0 Å². The Labute approximate surface area is 379 Å². The Morgan fingerprint density at radius 3 is 0.848 bits per heavy atom. The van der Waals surface area contributed by atoms with Crippen LogP contribution >= 0.6 is 0 Å². The zero-order valence-electron chi connectivity index (χ0n) is 36.9. The van der Waals surface area contributed by atoms with E-state index in [9.17, 15) is 38.4 Å². The molecule has 4 N–H and O–H groups in total. The molecule has 18 nitrogen and oxygen atoms in total. The average Bonchev–Trinajstić information content (AvgIpc) is 3.32. The fourth-order valence-electron chi connectivity index (χ4n) is 6.69. The number of esters is 4. The maximum atomic E-state index is 13.2. The van der Waals surface area contributed by atoms with Crippen molar-refractivity contribution in [3.8, 4) is 11.5 Å². The Morgan fingerprint density at radius 2 is 0.621 bits per heavy atom. The maximum Gasteiger partial charge on any atom is 0.325 e. The van der Waals surface area contributed by atoms with Gasteiger partial charge >= 0.3 is 23.9 Å². The highest BCUT2D eigenvalue weighted by Crippen LogP contribution is 2.35. The number of amides is 4. The van der Waals surface area contributed by atoms with Crippen molar-refractivity contribution in [2.75, 3.05) is 52.6 Å². The van der Waals surface area contributed by atoms with E-state index in [-0.39, 0.29) is 73.4 Å². The SMILES string of the molecule is CCOC(=O)CNC(=O)c1cc(OCc2c3ccccc3c(COc3cc(C(=O)NCC(=O)OCC)cc(C(=O)NCC(=O)OCC)c3)c3ccccc23)cc(C(=O)NCC(=O)OCC)c1. The number of ether oxygens (including phenoxy) is 6. The number of hydrogen-bond acceptors (Lipinski definition) is 14. The molecule has 0 aliphatic rings. The molecule has 5 rings (SSSR count). The average molecular weight is 907 g/mol. The van der Waals surface area contributed by atoms with Gasteiger partial charge < -0.3 is 49.7 Å². The van der Waals surface area contributed by atoms with Gasteiger partial charge in [0, 0.05) is 33.4 Å². The number of carbonyl (C=O) groups excluding carboxylic acids is 8. The summed E-state index contributed by atoms with van der Waals surface area (Å²) in [6.07, 6.45) is 0. The van der Waals surface area contributed by atoms with E-state index in [1.54, 1.807) is 27.7 Å². The molecule has 0 heterocycles. The van der Waals surface area contributed by atoms with Gasteiger partial charge in [0.15, 0.2) is 0 Å². The molecule has 0 spiro atoms. The van der Waals surface area contributed by atoms with Gasteiger partial charge in [-0.3, -0.25) is 38.4 Å². The molecule has 0 aliphatic heterocycles. The molecular formula is C48H50N4O14. The standard InChI is InChI=1S/C48H50N4O14/c1-5-61-41(53)23-49-45(57)29-17-30(46(58)50-24-42(54)62-6-2)20-33(19-29)65-27-39-35-13-9-11-15-37(35)40(38-16-12-10-14-36(38)39)28-66-34-21-31(47(59)51-25-43(55)63-7-3)18-32(22-34)48(60)52-26-44(56)64-8-4/h9-22H,5-8,23-28H2,1-4H3,(H,49,57)(H,50,58)(H,51,59)(H,52,60). The molecule has 0 unspecified atom stereocenters. The summed E-state index contributed by atoms with van der Waals surface area (Å²) < 4.78 is 32.3. The lowest BCUT2D eigenvalue weighted by Crippen LogP contribution is -2.32. The van der Waals surface area contributed by atoms with E-state index < -0.39 is 73.7 Å². The molecule has 0 radical (unpaired) electrons. The number of benzene rings is 5. The minimum absolute atomic E-state index is 0.000447. The lowest BCUT2D eigenvalue weighted by molar-refractivity contribution is -0.142. The van der Waals surface area contributed by atoms with Crippen molar-refractivity contribution in [1.29, 1.82) is 0 Å². The highest BCUT2D eigenvalue weighted by atomic mass is 16.5. The van der Waals surface area contributed by atoms with Crippen LogP contribution in [0.15, 0.2) is 84.9 Å². The molecule has 66 heavy (non-hydrogen) atoms. The topological polar surface area (TPSA) is 240 Å². The zero-order valence-corrected chi connectivity index (χ0v) is 36.9. The van der Waals surface area contributed by atoms with E-state index in [1.165, 1.54) is 36.4 Å². The summed E-state index contributed by atoms with van der Waals surface area (Å²) in [5.74, 6) is -5.06. The molecule has 346 valence electrons. The third-order valence-corrected chi connectivity index (χ3v) is 9.58. The van der Waals surface area contributed by atoms with Gasteiger partial charge in [-0.25, -0.2) is 0 Å². The second-order valence-corrected chi connectivity index (χ2v) is 14.1. The third-order valence-electron chi connectivity index (χ3n) is 9.58. The molecule has 0 aromatic heterocycles. The summed E-state index contributed by atoms with van der Waals surface area (Å²) in [4.78, 5) is 101. The molecule has 18 heteroatoms. The number of rotatable bonds is 22. The molecule has 0 aliphatic carbocycles. The van der Waals surface area contributed by atoms with Crippen molar-refractivity contribution in [2.45, 2.75) is 40.9 Å². The quantitative estimate of drug-likeness (QED) is 0.0430. The van der Waals surface area contributed by atoms with Gasteiger partial charge in [-0.05, 0) is 85.6 Å². The van der Waals surface area contributed by atoms with E-state index in [1.807, 2.05) is 48.5 Å². The molecule has 0 saturated carbocycles. The van der Waals surface area contributed by atoms with Crippen molar-refractivity contribution in [3.05, 3.63) is 118 Å². The molecule has 4 amide bonds. The Morgan fingerprint density at radius 1 is 0.379 bits per heavy atom. The van der Waals surface area contributed by atoms with E-state index in [2.05, 4.69) is 21.3 Å². The Kier molecular flexibility index (Phi) is 17.9. The molecule has 5 aromatic rings. The predicted octanol–water partition coefficient (Wildman–Crippen LogP) is 4.32.